The number of rotatable bonds is 4. The molecule has 0 bridgehead atoms. The van der Waals surface area contributed by atoms with Crippen LogP contribution in [0.1, 0.15) is 18.5 Å². The Morgan fingerprint density at radius 2 is 2.10 bits per heavy atom. The summed E-state index contributed by atoms with van der Waals surface area (Å²) in [7, 11) is 0. The summed E-state index contributed by atoms with van der Waals surface area (Å²) in [6, 6.07) is 6.71. The van der Waals surface area contributed by atoms with Gasteiger partial charge >= 0.3 is 0 Å². The van der Waals surface area contributed by atoms with Crippen LogP contribution in [0.2, 0.25) is 0 Å². The fourth-order valence-corrected chi connectivity index (χ4v) is 2.16. The topological polar surface area (TPSA) is 72.9 Å². The number of hydrogen-bond acceptors (Lipinski definition) is 3. The Morgan fingerprint density at radius 3 is 2.60 bits per heavy atom. The third-order valence-corrected chi connectivity index (χ3v) is 3.58. The van der Waals surface area contributed by atoms with Crippen LogP contribution >= 0.6 is 34.8 Å². The summed E-state index contributed by atoms with van der Waals surface area (Å²) in [6.07, 6.45) is 3.53. The second-order valence-electron chi connectivity index (χ2n) is 4.25. The lowest BCUT2D eigenvalue weighted by Crippen LogP contribution is -2.24. The van der Waals surface area contributed by atoms with E-state index >= 15 is 0 Å². The predicted molar refractivity (Wildman–Crippen MR) is 90.6 cm³/mol. The van der Waals surface area contributed by atoms with E-state index in [2.05, 4.69) is 33.0 Å². The van der Waals surface area contributed by atoms with Gasteiger partial charge in [0, 0.05) is 17.4 Å². The van der Waals surface area contributed by atoms with Crippen LogP contribution in [-0.2, 0) is 4.79 Å². The van der Waals surface area contributed by atoms with Crippen LogP contribution in [0.3, 0.4) is 0 Å². The highest BCUT2D eigenvalue weighted by Crippen LogP contribution is 2.14. The third-order valence-electron chi connectivity index (χ3n) is 2.78. The fraction of sp³-hybridized carbons (Fsp3) is 0.154. The Balaban J connectivity index is 2.05. The SMILES string of the molecule is CC(C(=O)Nc1ccc(C(N)=S)cc1)n1cc(I)cn1. The largest absolute Gasteiger partial charge is 0.389 e. The van der Waals surface area contributed by atoms with Crippen molar-refractivity contribution in [1.29, 1.82) is 0 Å². The molecule has 2 rings (SSSR count). The van der Waals surface area contributed by atoms with E-state index in [1.54, 1.807) is 42.1 Å². The van der Waals surface area contributed by atoms with Crippen LogP contribution in [0, 0.1) is 3.57 Å². The number of nitrogens with one attached hydrogen (secondary N) is 1. The van der Waals surface area contributed by atoms with E-state index in [9.17, 15) is 4.79 Å². The van der Waals surface area contributed by atoms with Gasteiger partial charge in [-0.05, 0) is 53.8 Å². The first kappa shape index (κ1) is 14.9. The molecule has 1 heterocycles. The fourth-order valence-electron chi connectivity index (χ4n) is 1.61. The Hall–Kier alpha value is -1.48. The minimum Gasteiger partial charge on any atom is -0.389 e. The molecule has 2 aromatic rings. The zero-order valence-electron chi connectivity index (χ0n) is 10.7. The highest BCUT2D eigenvalue weighted by Gasteiger charge is 2.15. The number of amides is 1. The highest BCUT2D eigenvalue weighted by molar-refractivity contribution is 14.1. The van der Waals surface area contributed by atoms with Crippen molar-refractivity contribution in [3.8, 4) is 0 Å². The Kier molecular flexibility index (Phi) is 4.71. The number of halogens is 1. The first-order valence-corrected chi connectivity index (χ1v) is 7.36. The van der Waals surface area contributed by atoms with Crippen molar-refractivity contribution in [1.82, 2.24) is 9.78 Å². The minimum atomic E-state index is -0.381. The molecule has 1 aromatic carbocycles. The molecule has 0 fully saturated rings. The van der Waals surface area contributed by atoms with Gasteiger partial charge in [0.25, 0.3) is 0 Å². The van der Waals surface area contributed by atoms with Gasteiger partial charge in [-0.15, -0.1) is 0 Å². The molecule has 0 spiro atoms. The zero-order chi connectivity index (χ0) is 14.7. The third kappa shape index (κ3) is 3.54. The van der Waals surface area contributed by atoms with Gasteiger partial charge in [0.1, 0.15) is 11.0 Å². The quantitative estimate of drug-likeness (QED) is 0.611. The number of carbonyl (C=O) groups is 1. The van der Waals surface area contributed by atoms with Crippen molar-refractivity contribution in [2.75, 3.05) is 5.32 Å². The highest BCUT2D eigenvalue weighted by atomic mass is 127. The first-order valence-electron chi connectivity index (χ1n) is 5.88. The van der Waals surface area contributed by atoms with Gasteiger partial charge in [0.05, 0.1) is 9.77 Å². The zero-order valence-corrected chi connectivity index (χ0v) is 13.7. The molecule has 5 nitrogen and oxygen atoms in total. The van der Waals surface area contributed by atoms with E-state index in [1.165, 1.54) is 0 Å². The van der Waals surface area contributed by atoms with Gasteiger partial charge in [0.15, 0.2) is 0 Å². The van der Waals surface area contributed by atoms with Crippen molar-refractivity contribution in [2.45, 2.75) is 13.0 Å². The molecular formula is C13H13IN4OS. The van der Waals surface area contributed by atoms with Gasteiger partial charge in [-0.3, -0.25) is 9.48 Å². The Bertz CT molecular complexity index is 638. The van der Waals surface area contributed by atoms with Crippen LogP contribution in [0.5, 0.6) is 0 Å². The maximum Gasteiger partial charge on any atom is 0.248 e. The molecule has 0 saturated carbocycles. The molecule has 0 radical (unpaired) electrons. The summed E-state index contributed by atoms with van der Waals surface area (Å²) in [5.74, 6) is -0.132. The smallest absolute Gasteiger partial charge is 0.248 e. The minimum absolute atomic E-state index is 0.132. The number of thiocarbonyl (C=S) groups is 1. The van der Waals surface area contributed by atoms with E-state index in [0.29, 0.717) is 10.7 Å². The standard InChI is InChI=1S/C13H13IN4OS/c1-8(18-7-10(14)6-16-18)13(19)17-11-4-2-9(3-5-11)12(15)20/h2-8H,1H3,(H2,15,20)(H,17,19). The molecule has 7 heteroatoms. The molecule has 1 amide bonds. The second kappa shape index (κ2) is 6.31. The molecule has 0 saturated heterocycles. The number of nitrogens with zero attached hydrogens (tertiary/aromatic N) is 2. The number of anilines is 1. The van der Waals surface area contributed by atoms with E-state index < -0.39 is 0 Å². The molecule has 1 aromatic heterocycles. The summed E-state index contributed by atoms with van der Waals surface area (Å²) < 4.78 is 2.61. The number of aromatic nitrogens is 2. The molecule has 0 aliphatic heterocycles. The van der Waals surface area contributed by atoms with E-state index in [4.69, 9.17) is 18.0 Å². The molecule has 0 aliphatic carbocycles. The first-order chi connectivity index (χ1) is 9.47. The lowest BCUT2D eigenvalue weighted by atomic mass is 10.2. The van der Waals surface area contributed by atoms with Crippen LogP contribution in [0.25, 0.3) is 0 Å². The number of carbonyl (C=O) groups excluding carboxylic acids is 1. The van der Waals surface area contributed by atoms with Crippen molar-refractivity contribution in [3.05, 3.63) is 45.8 Å². The molecular weight excluding hydrogens is 387 g/mol. The van der Waals surface area contributed by atoms with Gasteiger partial charge in [0.2, 0.25) is 5.91 Å². The molecule has 3 N–H and O–H groups in total. The normalized spacial score (nSPS) is 11.9. The molecule has 1 unspecified atom stereocenters. The van der Waals surface area contributed by atoms with E-state index in [0.717, 1.165) is 9.13 Å². The second-order valence-corrected chi connectivity index (χ2v) is 5.93. The van der Waals surface area contributed by atoms with Crippen LogP contribution in [0.15, 0.2) is 36.7 Å². The lowest BCUT2D eigenvalue weighted by molar-refractivity contribution is -0.119. The van der Waals surface area contributed by atoms with Crippen LogP contribution in [-0.4, -0.2) is 20.7 Å². The van der Waals surface area contributed by atoms with E-state index in [1.807, 2.05) is 6.20 Å². The van der Waals surface area contributed by atoms with Crippen molar-refractivity contribution in [2.24, 2.45) is 5.73 Å². The van der Waals surface area contributed by atoms with Crippen molar-refractivity contribution in [3.63, 3.8) is 0 Å². The molecule has 104 valence electrons. The average molecular weight is 400 g/mol. The van der Waals surface area contributed by atoms with Gasteiger partial charge < -0.3 is 11.1 Å². The van der Waals surface area contributed by atoms with Crippen LogP contribution in [0.4, 0.5) is 5.69 Å². The number of benzene rings is 1. The summed E-state index contributed by atoms with van der Waals surface area (Å²) >= 11 is 7.03. The molecule has 0 aliphatic rings. The maximum atomic E-state index is 12.1. The average Bonchev–Trinajstić information content (AvgIpc) is 2.85. The monoisotopic (exact) mass is 400 g/mol. The summed E-state index contributed by atoms with van der Waals surface area (Å²) in [6.45, 7) is 1.79. The summed E-state index contributed by atoms with van der Waals surface area (Å²) in [4.78, 5) is 12.5. The maximum absolute atomic E-state index is 12.1. The van der Waals surface area contributed by atoms with Crippen LogP contribution < -0.4 is 11.1 Å². The van der Waals surface area contributed by atoms with Gasteiger partial charge in [-0.2, -0.15) is 5.10 Å². The van der Waals surface area contributed by atoms with Gasteiger partial charge in [-0.1, -0.05) is 12.2 Å². The lowest BCUT2D eigenvalue weighted by Gasteiger charge is -2.12. The van der Waals surface area contributed by atoms with Crippen molar-refractivity contribution < 1.29 is 4.79 Å². The summed E-state index contributed by atoms with van der Waals surface area (Å²) in [5.41, 5.74) is 6.99. The summed E-state index contributed by atoms with van der Waals surface area (Å²) in [5, 5.41) is 6.96. The van der Waals surface area contributed by atoms with Gasteiger partial charge in [-0.25, -0.2) is 0 Å². The number of nitrogens with two attached hydrogens (primary N) is 1. The molecule has 20 heavy (non-hydrogen) atoms. The Morgan fingerprint density at radius 1 is 1.45 bits per heavy atom. The number of hydrogen-bond donors (Lipinski definition) is 2. The van der Waals surface area contributed by atoms with Crippen molar-refractivity contribution >= 4 is 51.4 Å². The predicted octanol–water partition coefficient (Wildman–Crippen LogP) is 2.32. The molecule has 1 atom stereocenters. The Labute approximate surface area is 135 Å². The van der Waals surface area contributed by atoms with E-state index in [-0.39, 0.29) is 11.9 Å².